The fourth-order valence-electron chi connectivity index (χ4n) is 2.15. The van der Waals surface area contributed by atoms with E-state index in [4.69, 9.17) is 9.26 Å². The highest BCUT2D eigenvalue weighted by molar-refractivity contribution is 5.52. The highest BCUT2D eigenvalue weighted by Gasteiger charge is 2.10. The molecule has 0 amide bonds. The molecule has 0 saturated heterocycles. The number of benzene rings is 2. The van der Waals surface area contributed by atoms with Crippen LogP contribution in [-0.4, -0.2) is 10.1 Å². The first-order valence-electron chi connectivity index (χ1n) is 7.43. The molecule has 1 heterocycles. The highest BCUT2D eigenvalue weighted by atomic mass is 19.1. The average molecular weight is 312 g/mol. The molecule has 0 atom stereocenters. The second-order valence-corrected chi connectivity index (χ2v) is 5.54. The zero-order chi connectivity index (χ0) is 16.2. The Kier molecular flexibility index (Phi) is 4.37. The minimum Gasteiger partial charge on any atom is -0.485 e. The van der Waals surface area contributed by atoms with Crippen molar-refractivity contribution in [2.24, 2.45) is 0 Å². The van der Waals surface area contributed by atoms with Gasteiger partial charge in [0.1, 0.15) is 11.6 Å². The van der Waals surface area contributed by atoms with Gasteiger partial charge < -0.3 is 9.26 Å². The summed E-state index contributed by atoms with van der Waals surface area (Å²) < 4.78 is 24.0. The van der Waals surface area contributed by atoms with Crippen LogP contribution >= 0.6 is 0 Å². The fourth-order valence-corrected chi connectivity index (χ4v) is 2.15. The van der Waals surface area contributed by atoms with Crippen LogP contribution in [0, 0.1) is 5.82 Å². The number of hydrogen-bond donors (Lipinski definition) is 0. The van der Waals surface area contributed by atoms with Gasteiger partial charge in [0.25, 0.3) is 5.89 Å². The van der Waals surface area contributed by atoms with Gasteiger partial charge in [-0.1, -0.05) is 37.2 Å². The van der Waals surface area contributed by atoms with Gasteiger partial charge in [-0.15, -0.1) is 0 Å². The van der Waals surface area contributed by atoms with Gasteiger partial charge in [0.15, 0.2) is 6.61 Å². The summed E-state index contributed by atoms with van der Waals surface area (Å²) in [6, 6.07) is 13.9. The van der Waals surface area contributed by atoms with Crippen LogP contribution < -0.4 is 4.74 Å². The smallest absolute Gasteiger partial charge is 0.258 e. The minimum atomic E-state index is -0.344. The lowest BCUT2D eigenvalue weighted by atomic mass is 10.0. The average Bonchev–Trinajstić information content (AvgIpc) is 3.02. The van der Waals surface area contributed by atoms with Crippen LogP contribution in [0.25, 0.3) is 11.5 Å². The number of halogens is 1. The number of rotatable bonds is 5. The van der Waals surface area contributed by atoms with E-state index in [9.17, 15) is 4.39 Å². The van der Waals surface area contributed by atoms with E-state index in [1.54, 1.807) is 12.1 Å². The van der Waals surface area contributed by atoms with E-state index >= 15 is 0 Å². The summed E-state index contributed by atoms with van der Waals surface area (Å²) in [6.07, 6.45) is 0. The maximum atomic E-state index is 13.2. The van der Waals surface area contributed by atoms with Crippen molar-refractivity contribution in [2.45, 2.75) is 26.4 Å². The van der Waals surface area contributed by atoms with E-state index in [-0.39, 0.29) is 18.3 Å². The molecule has 0 spiro atoms. The first-order chi connectivity index (χ1) is 11.1. The normalized spacial score (nSPS) is 11.0. The van der Waals surface area contributed by atoms with Crippen LogP contribution in [-0.2, 0) is 6.61 Å². The third-order valence-corrected chi connectivity index (χ3v) is 3.45. The van der Waals surface area contributed by atoms with Gasteiger partial charge in [0, 0.05) is 5.56 Å². The quantitative estimate of drug-likeness (QED) is 0.692. The first kappa shape index (κ1) is 15.2. The Balaban J connectivity index is 1.65. The Morgan fingerprint density at radius 2 is 1.91 bits per heavy atom. The maximum absolute atomic E-state index is 13.2. The predicted molar refractivity (Wildman–Crippen MR) is 84.6 cm³/mol. The lowest BCUT2D eigenvalue weighted by Crippen LogP contribution is -1.98. The summed E-state index contributed by atoms with van der Waals surface area (Å²) in [5, 5.41) is 3.85. The van der Waals surface area contributed by atoms with Crippen molar-refractivity contribution >= 4 is 0 Å². The van der Waals surface area contributed by atoms with Crippen LogP contribution in [0.15, 0.2) is 53.1 Å². The van der Waals surface area contributed by atoms with E-state index in [1.807, 2.05) is 24.3 Å². The monoisotopic (exact) mass is 312 g/mol. The van der Waals surface area contributed by atoms with Crippen LogP contribution in [0.1, 0.15) is 31.2 Å². The molecule has 0 aliphatic carbocycles. The Morgan fingerprint density at radius 1 is 1.13 bits per heavy atom. The molecule has 1 aromatic heterocycles. The molecular formula is C18H17FN2O2. The van der Waals surface area contributed by atoms with Crippen molar-refractivity contribution < 1.29 is 13.7 Å². The third kappa shape index (κ3) is 3.74. The lowest BCUT2D eigenvalue weighted by molar-refractivity contribution is 0.287. The van der Waals surface area contributed by atoms with Gasteiger partial charge in [0.2, 0.25) is 5.82 Å². The molecule has 23 heavy (non-hydrogen) atoms. The molecule has 5 heteroatoms. The molecule has 0 N–H and O–H groups in total. The number of ether oxygens (including phenoxy) is 1. The van der Waals surface area contributed by atoms with Crippen LogP contribution in [0.2, 0.25) is 0 Å². The van der Waals surface area contributed by atoms with E-state index in [0.717, 1.165) is 5.75 Å². The van der Waals surface area contributed by atoms with Gasteiger partial charge in [-0.05, 0) is 41.8 Å². The molecular weight excluding hydrogens is 295 g/mol. The number of nitrogens with zero attached hydrogens (tertiary/aromatic N) is 2. The summed E-state index contributed by atoms with van der Waals surface area (Å²) in [5.41, 5.74) is 1.80. The Bertz CT molecular complexity index is 782. The lowest BCUT2D eigenvalue weighted by Gasteiger charge is -2.07. The van der Waals surface area contributed by atoms with Crippen molar-refractivity contribution in [3.63, 3.8) is 0 Å². The first-order valence-corrected chi connectivity index (χ1v) is 7.43. The fraction of sp³-hybridized carbons (Fsp3) is 0.222. The molecule has 3 aromatic rings. The zero-order valence-electron chi connectivity index (χ0n) is 13.0. The molecule has 0 radical (unpaired) electrons. The molecule has 118 valence electrons. The van der Waals surface area contributed by atoms with Crippen LogP contribution in [0.5, 0.6) is 5.75 Å². The summed E-state index contributed by atoms with van der Waals surface area (Å²) in [5.74, 6) is 1.57. The topological polar surface area (TPSA) is 48.2 Å². The van der Waals surface area contributed by atoms with Gasteiger partial charge in [0.05, 0.1) is 0 Å². The van der Waals surface area contributed by atoms with E-state index in [0.29, 0.717) is 17.3 Å². The summed E-state index contributed by atoms with van der Waals surface area (Å²) in [7, 11) is 0. The highest BCUT2D eigenvalue weighted by Crippen LogP contribution is 2.20. The van der Waals surface area contributed by atoms with Crippen LogP contribution in [0.4, 0.5) is 4.39 Å². The molecule has 4 nitrogen and oxygen atoms in total. The van der Waals surface area contributed by atoms with Crippen LogP contribution in [0.3, 0.4) is 0 Å². The molecule has 0 aliphatic rings. The Labute approximate surface area is 133 Å². The third-order valence-electron chi connectivity index (χ3n) is 3.45. The summed E-state index contributed by atoms with van der Waals surface area (Å²) in [6.45, 7) is 4.48. The predicted octanol–water partition coefficient (Wildman–Crippen LogP) is 4.58. The molecule has 3 rings (SSSR count). The second-order valence-electron chi connectivity index (χ2n) is 5.54. The van der Waals surface area contributed by atoms with Crippen molar-refractivity contribution in [1.29, 1.82) is 0 Å². The van der Waals surface area contributed by atoms with Crippen molar-refractivity contribution in [2.75, 3.05) is 0 Å². The van der Waals surface area contributed by atoms with Crippen molar-refractivity contribution in [1.82, 2.24) is 10.1 Å². The molecule has 2 aromatic carbocycles. The standard InChI is InChI=1S/C18H17FN2O2/c1-12(2)13-6-8-16(9-7-13)22-11-17-20-18(23-21-17)14-4-3-5-15(19)10-14/h3-10,12H,11H2,1-2H3. The van der Waals surface area contributed by atoms with E-state index in [2.05, 4.69) is 24.0 Å². The van der Waals surface area contributed by atoms with Gasteiger partial charge in [-0.2, -0.15) is 4.98 Å². The number of aromatic nitrogens is 2. The second kappa shape index (κ2) is 6.60. The van der Waals surface area contributed by atoms with E-state index in [1.165, 1.54) is 17.7 Å². The van der Waals surface area contributed by atoms with E-state index < -0.39 is 0 Å². The molecule has 0 aliphatic heterocycles. The summed E-state index contributed by atoms with van der Waals surface area (Å²) >= 11 is 0. The molecule has 0 fully saturated rings. The Hall–Kier alpha value is -2.69. The van der Waals surface area contributed by atoms with Crippen molar-refractivity contribution in [3.05, 3.63) is 65.7 Å². The van der Waals surface area contributed by atoms with Crippen molar-refractivity contribution in [3.8, 4) is 17.2 Å². The van der Waals surface area contributed by atoms with Gasteiger partial charge in [-0.3, -0.25) is 0 Å². The maximum Gasteiger partial charge on any atom is 0.258 e. The Morgan fingerprint density at radius 3 is 2.61 bits per heavy atom. The molecule has 0 saturated carbocycles. The van der Waals surface area contributed by atoms with Gasteiger partial charge in [-0.25, -0.2) is 4.39 Å². The minimum absolute atomic E-state index is 0.194. The molecule has 0 bridgehead atoms. The molecule has 0 unspecified atom stereocenters. The SMILES string of the molecule is CC(C)c1ccc(OCc2noc(-c3cccc(F)c3)n2)cc1. The van der Waals surface area contributed by atoms with Gasteiger partial charge >= 0.3 is 0 Å². The summed E-state index contributed by atoms with van der Waals surface area (Å²) in [4.78, 5) is 4.21. The zero-order valence-corrected chi connectivity index (χ0v) is 13.0. The number of hydrogen-bond acceptors (Lipinski definition) is 4. The largest absolute Gasteiger partial charge is 0.485 e.